The molecule has 0 aromatic heterocycles. The number of carbonyl (C=O) groups is 1. The smallest absolute Gasteiger partial charge is 0.232 e. The minimum absolute atomic E-state index is 0.0883. The lowest BCUT2D eigenvalue weighted by Gasteiger charge is -2.28. The molecule has 1 amide bonds. The average Bonchev–Trinajstić information content (AvgIpc) is 2.09. The Kier molecular flexibility index (Phi) is 3.78. The summed E-state index contributed by atoms with van der Waals surface area (Å²) in [6, 6.07) is -0.0883. The second kappa shape index (κ2) is 4.88. The molecule has 13 heavy (non-hydrogen) atoms. The van der Waals surface area contributed by atoms with Crippen molar-refractivity contribution >= 4 is 5.91 Å². The molecule has 1 aliphatic rings. The summed E-state index contributed by atoms with van der Waals surface area (Å²) in [5.41, 5.74) is 0. The van der Waals surface area contributed by atoms with Crippen molar-refractivity contribution in [3.05, 3.63) is 0 Å². The molecule has 3 nitrogen and oxygen atoms in total. The van der Waals surface area contributed by atoms with Crippen molar-refractivity contribution in [2.75, 3.05) is 0 Å². The third kappa shape index (κ3) is 3.08. The maximum Gasteiger partial charge on any atom is 0.232 e. The predicted molar refractivity (Wildman–Crippen MR) is 49.9 cm³/mol. The normalized spacial score (nSPS) is 27.7. The van der Waals surface area contributed by atoms with Gasteiger partial charge in [0.25, 0.3) is 0 Å². The summed E-state index contributed by atoms with van der Waals surface area (Å²) >= 11 is 0. The number of aliphatic hydroxyl groups is 1. The largest absolute Gasteiger partial charge is 0.391 e. The molecular weight excluding hydrogens is 166 g/mol. The van der Waals surface area contributed by atoms with E-state index in [4.69, 9.17) is 6.42 Å². The molecule has 1 rings (SSSR count). The lowest BCUT2D eigenvalue weighted by molar-refractivity contribution is -0.122. The number of aliphatic hydroxyl groups excluding tert-OH is 1. The lowest BCUT2D eigenvalue weighted by atomic mass is 9.92. The van der Waals surface area contributed by atoms with E-state index in [9.17, 15) is 9.90 Å². The predicted octanol–water partition coefficient (Wildman–Crippen LogP) is 0.429. The van der Waals surface area contributed by atoms with Crippen LogP contribution in [0.1, 0.15) is 32.1 Å². The Bertz CT molecular complexity index is 219. The number of rotatable bonds is 2. The molecule has 1 saturated carbocycles. The van der Waals surface area contributed by atoms with Crippen LogP contribution < -0.4 is 5.32 Å². The summed E-state index contributed by atoms with van der Waals surface area (Å²) in [6.07, 6.45) is 8.45. The zero-order chi connectivity index (χ0) is 9.68. The summed E-state index contributed by atoms with van der Waals surface area (Å²) in [6.45, 7) is 0. The molecule has 0 aromatic rings. The number of carbonyl (C=O) groups excluding carboxylic acids is 1. The first kappa shape index (κ1) is 10.1. The highest BCUT2D eigenvalue weighted by Gasteiger charge is 2.23. The molecule has 3 heteroatoms. The van der Waals surface area contributed by atoms with E-state index in [-0.39, 0.29) is 18.4 Å². The zero-order valence-corrected chi connectivity index (χ0v) is 7.62. The van der Waals surface area contributed by atoms with E-state index >= 15 is 0 Å². The van der Waals surface area contributed by atoms with E-state index in [1.807, 2.05) is 0 Å². The van der Waals surface area contributed by atoms with E-state index in [0.717, 1.165) is 25.7 Å². The fraction of sp³-hybridized carbons (Fsp3) is 0.700. The SMILES string of the molecule is C#CCC(=O)NC1CCCCC1O. The van der Waals surface area contributed by atoms with Crippen molar-refractivity contribution in [2.24, 2.45) is 0 Å². The maximum atomic E-state index is 11.1. The number of amides is 1. The number of terminal acetylenes is 1. The van der Waals surface area contributed by atoms with Crippen LogP contribution in [0.2, 0.25) is 0 Å². The minimum atomic E-state index is -0.393. The van der Waals surface area contributed by atoms with Gasteiger partial charge < -0.3 is 10.4 Å². The van der Waals surface area contributed by atoms with Crippen LogP contribution in [0.25, 0.3) is 0 Å². The first-order valence-electron chi connectivity index (χ1n) is 4.65. The Labute approximate surface area is 78.5 Å². The summed E-state index contributed by atoms with van der Waals surface area (Å²) in [5, 5.41) is 12.3. The molecular formula is C10H15NO2. The van der Waals surface area contributed by atoms with E-state index in [0.29, 0.717) is 0 Å². The van der Waals surface area contributed by atoms with Gasteiger partial charge >= 0.3 is 0 Å². The first-order chi connectivity index (χ1) is 6.24. The minimum Gasteiger partial charge on any atom is -0.391 e. The third-order valence-corrected chi connectivity index (χ3v) is 2.34. The quantitative estimate of drug-likeness (QED) is 0.607. The molecule has 72 valence electrons. The third-order valence-electron chi connectivity index (χ3n) is 2.34. The van der Waals surface area contributed by atoms with Crippen LogP contribution in [0, 0.1) is 12.3 Å². The van der Waals surface area contributed by atoms with Crippen LogP contribution in [0.15, 0.2) is 0 Å². The van der Waals surface area contributed by atoms with Crippen LogP contribution in [0.5, 0.6) is 0 Å². The highest BCUT2D eigenvalue weighted by molar-refractivity contribution is 5.78. The van der Waals surface area contributed by atoms with Crippen LogP contribution in [0.4, 0.5) is 0 Å². The van der Waals surface area contributed by atoms with Crippen LogP contribution in [-0.2, 0) is 4.79 Å². The van der Waals surface area contributed by atoms with Crippen LogP contribution in [-0.4, -0.2) is 23.2 Å². The summed E-state index contributed by atoms with van der Waals surface area (Å²) in [7, 11) is 0. The molecule has 1 aliphatic carbocycles. The Balaban J connectivity index is 2.34. The molecule has 0 spiro atoms. The van der Waals surface area contributed by atoms with Crippen molar-refractivity contribution < 1.29 is 9.90 Å². The Hall–Kier alpha value is -1.01. The van der Waals surface area contributed by atoms with Crippen LogP contribution in [0.3, 0.4) is 0 Å². The zero-order valence-electron chi connectivity index (χ0n) is 7.62. The summed E-state index contributed by atoms with van der Waals surface area (Å²) in [4.78, 5) is 11.1. The Morgan fingerprint density at radius 3 is 2.85 bits per heavy atom. The average molecular weight is 181 g/mol. The van der Waals surface area contributed by atoms with Crippen molar-refractivity contribution in [3.63, 3.8) is 0 Å². The molecule has 2 atom stereocenters. The van der Waals surface area contributed by atoms with Gasteiger partial charge in [-0.05, 0) is 12.8 Å². The standard InChI is InChI=1S/C10H15NO2/c1-2-5-10(13)11-8-6-3-4-7-9(8)12/h1,8-9,12H,3-7H2,(H,11,13). The Morgan fingerprint density at radius 1 is 1.54 bits per heavy atom. The monoisotopic (exact) mass is 181 g/mol. The molecule has 0 radical (unpaired) electrons. The molecule has 0 saturated heterocycles. The molecule has 1 fully saturated rings. The second-order valence-corrected chi connectivity index (χ2v) is 3.41. The molecule has 0 aromatic carbocycles. The number of hydrogen-bond donors (Lipinski definition) is 2. The lowest BCUT2D eigenvalue weighted by Crippen LogP contribution is -2.44. The van der Waals surface area contributed by atoms with Crippen LogP contribution >= 0.6 is 0 Å². The fourth-order valence-corrected chi connectivity index (χ4v) is 1.63. The topological polar surface area (TPSA) is 49.3 Å². The van der Waals surface area contributed by atoms with E-state index in [2.05, 4.69) is 11.2 Å². The molecule has 0 bridgehead atoms. The fourth-order valence-electron chi connectivity index (χ4n) is 1.63. The highest BCUT2D eigenvalue weighted by Crippen LogP contribution is 2.18. The van der Waals surface area contributed by atoms with Crippen molar-refractivity contribution in [3.8, 4) is 12.3 Å². The van der Waals surface area contributed by atoms with Crippen molar-refractivity contribution in [1.29, 1.82) is 0 Å². The number of hydrogen-bond acceptors (Lipinski definition) is 2. The molecule has 0 aliphatic heterocycles. The van der Waals surface area contributed by atoms with Gasteiger partial charge in [0.15, 0.2) is 0 Å². The maximum absolute atomic E-state index is 11.1. The second-order valence-electron chi connectivity index (χ2n) is 3.41. The first-order valence-corrected chi connectivity index (χ1v) is 4.65. The van der Waals surface area contributed by atoms with E-state index in [1.165, 1.54) is 0 Å². The molecule has 2 N–H and O–H groups in total. The molecule has 0 heterocycles. The van der Waals surface area contributed by atoms with Gasteiger partial charge in [-0.3, -0.25) is 4.79 Å². The van der Waals surface area contributed by atoms with Gasteiger partial charge in [-0.15, -0.1) is 6.42 Å². The van der Waals surface area contributed by atoms with Gasteiger partial charge in [0.05, 0.1) is 18.6 Å². The van der Waals surface area contributed by atoms with Gasteiger partial charge in [-0.1, -0.05) is 18.8 Å². The van der Waals surface area contributed by atoms with Crippen molar-refractivity contribution in [1.82, 2.24) is 5.32 Å². The van der Waals surface area contributed by atoms with E-state index in [1.54, 1.807) is 0 Å². The van der Waals surface area contributed by atoms with Gasteiger partial charge in [0, 0.05) is 0 Å². The van der Waals surface area contributed by atoms with Gasteiger partial charge in [-0.25, -0.2) is 0 Å². The highest BCUT2D eigenvalue weighted by atomic mass is 16.3. The van der Waals surface area contributed by atoms with Gasteiger partial charge in [0.2, 0.25) is 5.91 Å². The van der Waals surface area contributed by atoms with E-state index < -0.39 is 6.10 Å². The summed E-state index contributed by atoms with van der Waals surface area (Å²) in [5.74, 6) is 2.12. The molecule has 2 unspecified atom stereocenters. The number of nitrogens with one attached hydrogen (secondary N) is 1. The Morgan fingerprint density at radius 2 is 2.23 bits per heavy atom. The van der Waals surface area contributed by atoms with Crippen molar-refractivity contribution in [2.45, 2.75) is 44.2 Å². The van der Waals surface area contributed by atoms with Gasteiger partial charge in [-0.2, -0.15) is 0 Å². The summed E-state index contributed by atoms with van der Waals surface area (Å²) < 4.78 is 0. The van der Waals surface area contributed by atoms with Gasteiger partial charge in [0.1, 0.15) is 0 Å².